The molecule has 1 fully saturated rings. The molecule has 0 bridgehead atoms. The van der Waals surface area contributed by atoms with Gasteiger partial charge >= 0.3 is 0 Å². The molecule has 2 aromatic heterocycles. The summed E-state index contributed by atoms with van der Waals surface area (Å²) in [6.45, 7) is 0.539. The van der Waals surface area contributed by atoms with E-state index in [1.165, 1.54) is 10.9 Å². The Morgan fingerprint density at radius 1 is 1.05 bits per heavy atom. The Balaban J connectivity index is 1.49. The topological polar surface area (TPSA) is 187 Å². The van der Waals surface area contributed by atoms with Gasteiger partial charge in [-0.25, -0.2) is 15.0 Å². The smallest absolute Gasteiger partial charge is 0.207 e. The maximum atomic E-state index is 10.7. The Labute approximate surface area is 212 Å². The van der Waals surface area contributed by atoms with Crippen molar-refractivity contribution in [1.29, 1.82) is 0 Å². The summed E-state index contributed by atoms with van der Waals surface area (Å²) in [4.78, 5) is 12.8. The molecule has 8 N–H and O–H groups in total. The lowest BCUT2D eigenvalue weighted by molar-refractivity contribution is -0.0501. The number of aliphatic hydroxyl groups excluding tert-OH is 3. The van der Waals surface area contributed by atoms with Crippen LogP contribution in [-0.4, -0.2) is 72.9 Å². The first-order valence-electron chi connectivity index (χ1n) is 11.9. The Hall–Kier alpha value is -3.81. The molecule has 12 heteroatoms. The molecule has 0 radical (unpaired) electrons. The summed E-state index contributed by atoms with van der Waals surface area (Å²) in [5, 5.41) is 33.8. The lowest BCUT2D eigenvalue weighted by atomic mass is 10.0. The van der Waals surface area contributed by atoms with Crippen LogP contribution in [0.1, 0.15) is 11.8 Å². The minimum Gasteiger partial charge on any atom is -0.492 e. The number of fused-ring (bicyclic) bond motifs is 1. The van der Waals surface area contributed by atoms with Crippen LogP contribution in [0, 0.1) is 0 Å². The SMILES string of the molecule is NCCOc1cc(-c2ccccc2)ccc1CNc1nc2c(N)ncnc2n1[C@@H]1O[C@H](CO)[C@@H](O)[C@H]1O. The monoisotopic (exact) mass is 507 g/mol. The van der Waals surface area contributed by atoms with Gasteiger partial charge < -0.3 is 41.6 Å². The van der Waals surface area contributed by atoms with E-state index in [1.54, 1.807) is 0 Å². The lowest BCUT2D eigenvalue weighted by Gasteiger charge is -2.20. The average molecular weight is 508 g/mol. The number of aromatic nitrogens is 4. The largest absolute Gasteiger partial charge is 0.492 e. The van der Waals surface area contributed by atoms with Gasteiger partial charge in [-0.3, -0.25) is 4.57 Å². The van der Waals surface area contributed by atoms with E-state index in [0.29, 0.717) is 36.6 Å². The number of nitrogens with one attached hydrogen (secondary N) is 1. The van der Waals surface area contributed by atoms with Gasteiger partial charge in [0.05, 0.1) is 6.61 Å². The molecular weight excluding hydrogens is 478 g/mol. The summed E-state index contributed by atoms with van der Waals surface area (Å²) in [7, 11) is 0. The van der Waals surface area contributed by atoms with Crippen LogP contribution in [-0.2, 0) is 11.3 Å². The van der Waals surface area contributed by atoms with Crippen molar-refractivity contribution in [2.24, 2.45) is 5.73 Å². The molecule has 1 aliphatic heterocycles. The summed E-state index contributed by atoms with van der Waals surface area (Å²) in [6, 6.07) is 15.9. The molecule has 5 rings (SSSR count). The van der Waals surface area contributed by atoms with Gasteiger partial charge in [0, 0.05) is 18.7 Å². The molecule has 0 saturated carbocycles. The third kappa shape index (κ3) is 4.80. The number of nitrogens with zero attached hydrogens (tertiary/aromatic N) is 4. The molecule has 1 aliphatic rings. The predicted octanol–water partition coefficient (Wildman–Crippen LogP) is 0.637. The number of imidazole rings is 1. The third-order valence-electron chi connectivity index (χ3n) is 6.26. The number of anilines is 2. The highest BCUT2D eigenvalue weighted by molar-refractivity contribution is 5.84. The number of hydrogen-bond acceptors (Lipinski definition) is 11. The summed E-state index contributed by atoms with van der Waals surface area (Å²) in [6.07, 6.45) is -3.38. The van der Waals surface area contributed by atoms with Crippen molar-refractivity contribution in [3.63, 3.8) is 0 Å². The second kappa shape index (κ2) is 10.7. The van der Waals surface area contributed by atoms with Crippen LogP contribution >= 0.6 is 0 Å². The van der Waals surface area contributed by atoms with Crippen molar-refractivity contribution in [3.8, 4) is 16.9 Å². The Morgan fingerprint density at radius 3 is 2.59 bits per heavy atom. The molecule has 1 saturated heterocycles. The molecule has 0 unspecified atom stereocenters. The highest BCUT2D eigenvalue weighted by Gasteiger charge is 2.45. The van der Waals surface area contributed by atoms with Gasteiger partial charge in [0.25, 0.3) is 0 Å². The number of rotatable bonds is 9. The van der Waals surface area contributed by atoms with Crippen molar-refractivity contribution in [2.75, 3.05) is 30.8 Å². The first-order chi connectivity index (χ1) is 18.0. The second-order valence-electron chi connectivity index (χ2n) is 8.64. The van der Waals surface area contributed by atoms with E-state index >= 15 is 0 Å². The van der Waals surface area contributed by atoms with Gasteiger partial charge in [-0.2, -0.15) is 0 Å². The molecule has 12 nitrogen and oxygen atoms in total. The second-order valence-corrected chi connectivity index (χ2v) is 8.64. The van der Waals surface area contributed by atoms with E-state index in [4.69, 9.17) is 20.9 Å². The molecule has 37 heavy (non-hydrogen) atoms. The summed E-state index contributed by atoms with van der Waals surface area (Å²) in [5.41, 5.74) is 15.2. The first kappa shape index (κ1) is 24.9. The van der Waals surface area contributed by atoms with Gasteiger partial charge in [0.15, 0.2) is 23.2 Å². The molecule has 194 valence electrons. The predicted molar refractivity (Wildman–Crippen MR) is 136 cm³/mol. The average Bonchev–Trinajstić information content (AvgIpc) is 3.44. The Kier molecular flexibility index (Phi) is 7.17. The van der Waals surface area contributed by atoms with Gasteiger partial charge in [0.2, 0.25) is 5.95 Å². The number of ether oxygens (including phenoxy) is 2. The molecular formula is C25H29N7O5. The number of nitrogen functional groups attached to an aromatic ring is 1. The van der Waals surface area contributed by atoms with Gasteiger partial charge in [-0.1, -0.05) is 42.5 Å². The molecule has 0 spiro atoms. The van der Waals surface area contributed by atoms with Crippen LogP contribution in [0.2, 0.25) is 0 Å². The van der Waals surface area contributed by atoms with E-state index < -0.39 is 31.1 Å². The van der Waals surface area contributed by atoms with Crippen molar-refractivity contribution in [3.05, 3.63) is 60.4 Å². The number of aliphatic hydroxyl groups is 3. The molecule has 4 aromatic rings. The van der Waals surface area contributed by atoms with E-state index in [2.05, 4.69) is 20.3 Å². The fraction of sp³-hybridized carbons (Fsp3) is 0.320. The normalized spacial score (nSPS) is 21.4. The van der Waals surface area contributed by atoms with E-state index in [-0.39, 0.29) is 11.8 Å². The molecule has 3 heterocycles. The maximum absolute atomic E-state index is 10.7. The van der Waals surface area contributed by atoms with Crippen LogP contribution in [0.5, 0.6) is 5.75 Å². The molecule has 4 atom stereocenters. The van der Waals surface area contributed by atoms with Crippen LogP contribution < -0.4 is 21.5 Å². The summed E-state index contributed by atoms with van der Waals surface area (Å²) >= 11 is 0. The van der Waals surface area contributed by atoms with Gasteiger partial charge in [0.1, 0.15) is 37.0 Å². The van der Waals surface area contributed by atoms with Gasteiger partial charge in [-0.05, 0) is 17.2 Å². The van der Waals surface area contributed by atoms with Crippen LogP contribution in [0.3, 0.4) is 0 Å². The van der Waals surface area contributed by atoms with Crippen molar-refractivity contribution < 1.29 is 24.8 Å². The molecule has 2 aromatic carbocycles. The maximum Gasteiger partial charge on any atom is 0.207 e. The summed E-state index contributed by atoms with van der Waals surface area (Å²) < 4.78 is 13.2. The first-order valence-corrected chi connectivity index (χ1v) is 11.9. The Morgan fingerprint density at radius 2 is 1.86 bits per heavy atom. The van der Waals surface area contributed by atoms with Crippen molar-refractivity contribution >= 4 is 22.9 Å². The third-order valence-corrected chi connectivity index (χ3v) is 6.26. The quantitative estimate of drug-likeness (QED) is 0.187. The number of benzene rings is 2. The van der Waals surface area contributed by atoms with Gasteiger partial charge in [-0.15, -0.1) is 0 Å². The van der Waals surface area contributed by atoms with Crippen molar-refractivity contribution in [1.82, 2.24) is 19.5 Å². The standard InChI is InChI=1S/C25H29N7O5/c26-8-9-36-17-10-15(14-4-2-1-3-5-14)6-7-16(17)11-28-25-31-19-22(27)29-13-30-23(19)32(25)24-21(35)20(34)18(12-33)37-24/h1-7,10,13,18,20-21,24,33-35H,8-9,11-12,26H2,(H,28,31)(H2,27,29,30)/t18-,20-,21-,24-/m1/s1. The van der Waals surface area contributed by atoms with Crippen LogP contribution in [0.15, 0.2) is 54.9 Å². The van der Waals surface area contributed by atoms with Crippen molar-refractivity contribution in [2.45, 2.75) is 31.1 Å². The fourth-order valence-electron chi connectivity index (χ4n) is 4.37. The Bertz CT molecular complexity index is 1370. The molecule has 0 amide bonds. The van der Waals surface area contributed by atoms with E-state index in [1.807, 2.05) is 48.5 Å². The van der Waals surface area contributed by atoms with Crippen LogP contribution in [0.25, 0.3) is 22.3 Å². The zero-order valence-electron chi connectivity index (χ0n) is 19.9. The van der Waals surface area contributed by atoms with E-state index in [9.17, 15) is 15.3 Å². The molecule has 0 aliphatic carbocycles. The summed E-state index contributed by atoms with van der Waals surface area (Å²) in [5.74, 6) is 1.10. The number of hydrogen-bond donors (Lipinski definition) is 6. The minimum absolute atomic E-state index is 0.151. The number of nitrogens with two attached hydrogens (primary N) is 2. The minimum atomic E-state index is -1.33. The fourth-order valence-corrected chi connectivity index (χ4v) is 4.37. The highest BCUT2D eigenvalue weighted by Crippen LogP contribution is 2.35. The van der Waals surface area contributed by atoms with Crippen LogP contribution in [0.4, 0.5) is 11.8 Å². The van der Waals surface area contributed by atoms with E-state index in [0.717, 1.165) is 16.7 Å². The zero-order valence-corrected chi connectivity index (χ0v) is 19.9. The highest BCUT2D eigenvalue weighted by atomic mass is 16.6. The lowest BCUT2D eigenvalue weighted by Crippen LogP contribution is -2.33. The zero-order chi connectivity index (χ0) is 25.9.